The van der Waals surface area contributed by atoms with Gasteiger partial charge in [-0.25, -0.2) is 0 Å². The highest BCUT2D eigenvalue weighted by molar-refractivity contribution is 5.26. The molecule has 0 unspecified atom stereocenters. The highest BCUT2D eigenvalue weighted by Crippen LogP contribution is 2.15. The fourth-order valence-corrected chi connectivity index (χ4v) is 1.22. The van der Waals surface area contributed by atoms with Crippen molar-refractivity contribution in [2.24, 2.45) is 5.73 Å². The summed E-state index contributed by atoms with van der Waals surface area (Å²) in [5.41, 5.74) is 9.30. The Morgan fingerprint density at radius 1 is 1.50 bits per heavy atom. The third kappa shape index (κ3) is 1.21. The lowest BCUT2D eigenvalue weighted by molar-refractivity contribution is 0.810. The molecule has 0 saturated heterocycles. The van der Waals surface area contributed by atoms with Crippen molar-refractivity contribution in [1.82, 2.24) is 4.98 Å². The van der Waals surface area contributed by atoms with Gasteiger partial charge in [0, 0.05) is 17.4 Å². The van der Waals surface area contributed by atoms with E-state index in [4.69, 9.17) is 5.73 Å². The number of rotatable bonds is 1. The van der Waals surface area contributed by atoms with E-state index in [0.717, 1.165) is 0 Å². The molecule has 0 amide bonds. The molecule has 0 fully saturated rings. The Bertz CT molecular complexity index is 223. The smallest absolute Gasteiger partial charge is 0.0283 e. The van der Waals surface area contributed by atoms with Crippen LogP contribution in [0.5, 0.6) is 0 Å². The van der Waals surface area contributed by atoms with Crippen LogP contribution in [0.2, 0.25) is 0 Å². The molecule has 0 spiro atoms. The predicted octanol–water partition coefficient (Wildman–Crippen LogP) is 1.65. The number of hydrogen-bond acceptors (Lipinski definition) is 1. The maximum absolute atomic E-state index is 5.71. The van der Waals surface area contributed by atoms with Crippen molar-refractivity contribution in [2.75, 3.05) is 0 Å². The van der Waals surface area contributed by atoms with Crippen molar-refractivity contribution in [3.8, 4) is 0 Å². The second-order valence-corrected chi connectivity index (χ2v) is 2.82. The van der Waals surface area contributed by atoms with E-state index in [0.29, 0.717) is 0 Å². The number of nitrogens with one attached hydrogen (secondary N) is 1. The Kier molecular flexibility index (Phi) is 1.81. The maximum Gasteiger partial charge on any atom is 0.0283 e. The summed E-state index contributed by atoms with van der Waals surface area (Å²) in [7, 11) is 0. The molecule has 1 aromatic rings. The molecule has 0 bridgehead atoms. The Morgan fingerprint density at radius 2 is 2.10 bits per heavy atom. The zero-order chi connectivity index (χ0) is 7.72. The molecule has 1 rings (SSSR count). The van der Waals surface area contributed by atoms with E-state index in [-0.39, 0.29) is 6.04 Å². The molecule has 1 aromatic heterocycles. The van der Waals surface area contributed by atoms with Crippen LogP contribution in [0.25, 0.3) is 0 Å². The molecule has 1 heterocycles. The van der Waals surface area contributed by atoms with E-state index < -0.39 is 0 Å². The van der Waals surface area contributed by atoms with Crippen molar-refractivity contribution in [3.05, 3.63) is 23.0 Å². The Labute approximate surface area is 61.4 Å². The highest BCUT2D eigenvalue weighted by atomic mass is 14.7. The first-order valence-corrected chi connectivity index (χ1v) is 3.53. The number of nitrogens with two attached hydrogens (primary N) is 1. The highest BCUT2D eigenvalue weighted by Gasteiger charge is 2.04. The van der Waals surface area contributed by atoms with Crippen molar-refractivity contribution in [2.45, 2.75) is 26.8 Å². The summed E-state index contributed by atoms with van der Waals surface area (Å²) < 4.78 is 0. The molecule has 2 nitrogen and oxygen atoms in total. The Morgan fingerprint density at radius 3 is 2.30 bits per heavy atom. The molecule has 0 saturated carbocycles. The molecule has 0 aliphatic carbocycles. The number of aromatic amines is 1. The SMILES string of the molecule is Cc1cc([C@@H](C)N)c(C)[nH]1. The van der Waals surface area contributed by atoms with Gasteiger partial charge in [-0.1, -0.05) is 0 Å². The quantitative estimate of drug-likeness (QED) is 0.608. The average Bonchev–Trinajstić information content (AvgIpc) is 2.10. The van der Waals surface area contributed by atoms with Crippen LogP contribution in [0, 0.1) is 13.8 Å². The first kappa shape index (κ1) is 7.35. The molecule has 3 N–H and O–H groups in total. The topological polar surface area (TPSA) is 41.8 Å². The summed E-state index contributed by atoms with van der Waals surface area (Å²) in [5, 5.41) is 0. The number of aryl methyl sites for hydroxylation is 2. The van der Waals surface area contributed by atoms with Crippen LogP contribution in [0.1, 0.15) is 29.9 Å². The number of hydrogen-bond donors (Lipinski definition) is 2. The van der Waals surface area contributed by atoms with E-state index in [1.807, 2.05) is 20.8 Å². The standard InChI is InChI=1S/C8H14N2/c1-5-4-8(6(2)9)7(3)10-5/h4,6,10H,9H2,1-3H3/t6-/m1/s1. The van der Waals surface area contributed by atoms with Crippen molar-refractivity contribution in [1.29, 1.82) is 0 Å². The second kappa shape index (κ2) is 2.46. The van der Waals surface area contributed by atoms with Gasteiger partial charge < -0.3 is 10.7 Å². The number of aromatic nitrogens is 1. The fourth-order valence-electron chi connectivity index (χ4n) is 1.22. The zero-order valence-corrected chi connectivity index (χ0v) is 6.73. The van der Waals surface area contributed by atoms with E-state index >= 15 is 0 Å². The van der Waals surface area contributed by atoms with Gasteiger partial charge in [-0.15, -0.1) is 0 Å². The lowest BCUT2D eigenvalue weighted by atomic mass is 10.1. The summed E-state index contributed by atoms with van der Waals surface area (Å²) >= 11 is 0. The third-order valence-corrected chi connectivity index (χ3v) is 1.68. The Hall–Kier alpha value is -0.760. The van der Waals surface area contributed by atoms with E-state index in [9.17, 15) is 0 Å². The minimum atomic E-state index is 0.143. The Balaban J connectivity index is 3.03. The summed E-state index contributed by atoms with van der Waals surface area (Å²) in [6.45, 7) is 6.08. The van der Waals surface area contributed by atoms with Crippen LogP contribution in [0.3, 0.4) is 0 Å². The molecule has 2 heteroatoms. The van der Waals surface area contributed by atoms with Crippen LogP contribution in [0.4, 0.5) is 0 Å². The molecule has 56 valence electrons. The molecule has 10 heavy (non-hydrogen) atoms. The first-order chi connectivity index (χ1) is 4.61. The largest absolute Gasteiger partial charge is 0.362 e. The lowest BCUT2D eigenvalue weighted by Gasteiger charge is -2.01. The first-order valence-electron chi connectivity index (χ1n) is 3.53. The minimum absolute atomic E-state index is 0.143. The monoisotopic (exact) mass is 138 g/mol. The summed E-state index contributed by atoms with van der Waals surface area (Å²) in [6.07, 6.45) is 0. The van der Waals surface area contributed by atoms with Crippen LogP contribution < -0.4 is 5.73 Å². The predicted molar refractivity (Wildman–Crippen MR) is 42.9 cm³/mol. The normalized spacial score (nSPS) is 13.6. The number of H-pyrrole nitrogens is 1. The van der Waals surface area contributed by atoms with Gasteiger partial charge in [-0.3, -0.25) is 0 Å². The maximum atomic E-state index is 5.71. The molecule has 0 aliphatic rings. The van der Waals surface area contributed by atoms with Gasteiger partial charge in [-0.2, -0.15) is 0 Å². The third-order valence-electron chi connectivity index (χ3n) is 1.68. The van der Waals surface area contributed by atoms with Gasteiger partial charge in [0.05, 0.1) is 0 Å². The van der Waals surface area contributed by atoms with Crippen LogP contribution in [-0.4, -0.2) is 4.98 Å². The minimum Gasteiger partial charge on any atom is -0.362 e. The van der Waals surface area contributed by atoms with Crippen molar-refractivity contribution >= 4 is 0 Å². The molecule has 0 radical (unpaired) electrons. The average molecular weight is 138 g/mol. The van der Waals surface area contributed by atoms with Gasteiger partial charge >= 0.3 is 0 Å². The molecule has 0 aliphatic heterocycles. The van der Waals surface area contributed by atoms with Crippen LogP contribution >= 0.6 is 0 Å². The van der Waals surface area contributed by atoms with Gasteiger partial charge in [0.2, 0.25) is 0 Å². The summed E-state index contributed by atoms with van der Waals surface area (Å²) in [5.74, 6) is 0. The second-order valence-electron chi connectivity index (χ2n) is 2.82. The summed E-state index contributed by atoms with van der Waals surface area (Å²) in [6, 6.07) is 2.24. The molecule has 0 aromatic carbocycles. The van der Waals surface area contributed by atoms with Crippen molar-refractivity contribution < 1.29 is 0 Å². The van der Waals surface area contributed by atoms with E-state index in [2.05, 4.69) is 11.1 Å². The van der Waals surface area contributed by atoms with E-state index in [1.165, 1.54) is 17.0 Å². The molecular weight excluding hydrogens is 124 g/mol. The van der Waals surface area contributed by atoms with Crippen LogP contribution in [0.15, 0.2) is 6.07 Å². The van der Waals surface area contributed by atoms with Crippen molar-refractivity contribution in [3.63, 3.8) is 0 Å². The lowest BCUT2D eigenvalue weighted by Crippen LogP contribution is -2.04. The fraction of sp³-hybridized carbons (Fsp3) is 0.500. The van der Waals surface area contributed by atoms with Gasteiger partial charge in [0.15, 0.2) is 0 Å². The van der Waals surface area contributed by atoms with E-state index in [1.54, 1.807) is 0 Å². The van der Waals surface area contributed by atoms with Crippen LogP contribution in [-0.2, 0) is 0 Å². The zero-order valence-electron chi connectivity index (χ0n) is 6.73. The van der Waals surface area contributed by atoms with Gasteiger partial charge in [0.1, 0.15) is 0 Å². The van der Waals surface area contributed by atoms with Gasteiger partial charge in [-0.05, 0) is 32.4 Å². The molecular formula is C8H14N2. The van der Waals surface area contributed by atoms with Gasteiger partial charge in [0.25, 0.3) is 0 Å². The molecule has 1 atom stereocenters. The summed E-state index contributed by atoms with van der Waals surface area (Å²) in [4.78, 5) is 3.21.